The Morgan fingerprint density at radius 2 is 2.00 bits per heavy atom. The lowest BCUT2D eigenvalue weighted by Crippen LogP contribution is -2.38. The normalized spacial score (nSPS) is 15.6. The van der Waals surface area contributed by atoms with Crippen molar-refractivity contribution in [2.24, 2.45) is 7.05 Å². The fourth-order valence-electron chi connectivity index (χ4n) is 3.64. The second-order valence-electron chi connectivity index (χ2n) is 6.55. The molecule has 3 aromatic rings. The van der Waals surface area contributed by atoms with Gasteiger partial charge in [-0.1, -0.05) is 17.7 Å². The zero-order valence-electron chi connectivity index (χ0n) is 14.3. The van der Waals surface area contributed by atoms with Gasteiger partial charge in [0.2, 0.25) is 0 Å². The molecule has 1 fully saturated rings. The molecule has 0 atom stereocenters. The van der Waals surface area contributed by atoms with Crippen molar-refractivity contribution < 1.29 is 9.18 Å². The Kier molecular flexibility index (Phi) is 4.36. The average molecular weight is 373 g/mol. The van der Waals surface area contributed by atoms with Crippen LogP contribution in [0.15, 0.2) is 36.5 Å². The van der Waals surface area contributed by atoms with E-state index in [1.54, 1.807) is 15.8 Å². The van der Waals surface area contributed by atoms with Crippen molar-refractivity contribution in [2.75, 3.05) is 13.1 Å². The molecule has 0 unspecified atom stereocenters. The Morgan fingerprint density at radius 3 is 2.73 bits per heavy atom. The summed E-state index contributed by atoms with van der Waals surface area (Å²) >= 11 is 6.03. The third kappa shape index (κ3) is 2.84. The summed E-state index contributed by atoms with van der Waals surface area (Å²) in [5, 5.41) is 5.84. The first-order valence-electron chi connectivity index (χ1n) is 8.57. The largest absolute Gasteiger partial charge is 0.338 e. The van der Waals surface area contributed by atoms with E-state index in [-0.39, 0.29) is 22.4 Å². The van der Waals surface area contributed by atoms with Gasteiger partial charge in [0.15, 0.2) is 5.65 Å². The molecule has 0 bridgehead atoms. The molecule has 0 spiro atoms. The molecule has 0 radical (unpaired) electrons. The number of pyridine rings is 1. The SMILES string of the molecule is Cn1nc(C2CCN(C(=O)c3c(F)cccc3Cl)CC2)c2cccnc21. The predicted molar refractivity (Wildman–Crippen MR) is 97.8 cm³/mol. The van der Waals surface area contributed by atoms with E-state index in [0.717, 1.165) is 29.6 Å². The third-order valence-corrected chi connectivity index (χ3v) is 5.29. The van der Waals surface area contributed by atoms with Crippen LogP contribution in [0.2, 0.25) is 5.02 Å². The van der Waals surface area contributed by atoms with Crippen LogP contribution in [0.25, 0.3) is 11.0 Å². The van der Waals surface area contributed by atoms with Crippen molar-refractivity contribution in [3.63, 3.8) is 0 Å². The van der Waals surface area contributed by atoms with Crippen molar-refractivity contribution in [3.05, 3.63) is 58.6 Å². The van der Waals surface area contributed by atoms with Gasteiger partial charge in [-0.25, -0.2) is 9.37 Å². The van der Waals surface area contributed by atoms with Gasteiger partial charge in [0.25, 0.3) is 5.91 Å². The molecule has 1 aromatic carbocycles. The molecule has 0 N–H and O–H groups in total. The number of carbonyl (C=O) groups is 1. The number of hydrogen-bond acceptors (Lipinski definition) is 3. The quantitative estimate of drug-likeness (QED) is 0.687. The molecule has 1 saturated heterocycles. The molecular weight excluding hydrogens is 355 g/mol. The molecule has 7 heteroatoms. The summed E-state index contributed by atoms with van der Waals surface area (Å²) in [4.78, 5) is 18.7. The van der Waals surface area contributed by atoms with Crippen molar-refractivity contribution in [1.82, 2.24) is 19.7 Å². The van der Waals surface area contributed by atoms with Crippen LogP contribution in [0, 0.1) is 5.82 Å². The number of piperidine rings is 1. The molecule has 134 valence electrons. The Labute approximate surface area is 155 Å². The van der Waals surface area contributed by atoms with E-state index in [9.17, 15) is 9.18 Å². The summed E-state index contributed by atoms with van der Waals surface area (Å²) in [5.74, 6) is -0.673. The molecule has 4 rings (SSSR count). The van der Waals surface area contributed by atoms with E-state index in [2.05, 4.69) is 10.1 Å². The zero-order valence-corrected chi connectivity index (χ0v) is 15.1. The maximum atomic E-state index is 14.0. The van der Waals surface area contributed by atoms with Crippen LogP contribution in [0.3, 0.4) is 0 Å². The maximum Gasteiger partial charge on any atom is 0.258 e. The van der Waals surface area contributed by atoms with E-state index in [0.29, 0.717) is 13.1 Å². The van der Waals surface area contributed by atoms with Gasteiger partial charge in [-0.2, -0.15) is 5.10 Å². The van der Waals surface area contributed by atoms with Gasteiger partial charge < -0.3 is 4.90 Å². The summed E-state index contributed by atoms with van der Waals surface area (Å²) < 4.78 is 15.8. The van der Waals surface area contributed by atoms with Crippen LogP contribution in [-0.4, -0.2) is 38.7 Å². The van der Waals surface area contributed by atoms with Crippen molar-refractivity contribution in [3.8, 4) is 0 Å². The minimum Gasteiger partial charge on any atom is -0.338 e. The van der Waals surface area contributed by atoms with E-state index in [4.69, 9.17) is 11.6 Å². The summed E-state index contributed by atoms with van der Waals surface area (Å²) in [6, 6.07) is 8.24. The van der Waals surface area contributed by atoms with Crippen LogP contribution in [0.5, 0.6) is 0 Å². The van der Waals surface area contributed by atoms with Gasteiger partial charge in [-0.05, 0) is 37.1 Å². The Balaban J connectivity index is 1.53. The molecule has 2 aromatic heterocycles. The summed E-state index contributed by atoms with van der Waals surface area (Å²) in [7, 11) is 1.89. The minimum absolute atomic E-state index is 0.0416. The number of halogens is 2. The van der Waals surface area contributed by atoms with Gasteiger partial charge in [0.05, 0.1) is 16.3 Å². The van der Waals surface area contributed by atoms with Gasteiger partial charge in [-0.3, -0.25) is 9.48 Å². The number of nitrogens with zero attached hydrogens (tertiary/aromatic N) is 4. The van der Waals surface area contributed by atoms with Crippen LogP contribution >= 0.6 is 11.6 Å². The smallest absolute Gasteiger partial charge is 0.258 e. The molecular formula is C19H18ClFN4O. The minimum atomic E-state index is -0.577. The van der Waals surface area contributed by atoms with Gasteiger partial charge in [0.1, 0.15) is 5.82 Å². The van der Waals surface area contributed by atoms with Crippen LogP contribution < -0.4 is 0 Å². The predicted octanol–water partition coefficient (Wildman–Crippen LogP) is 3.78. The van der Waals surface area contributed by atoms with Crippen molar-refractivity contribution in [1.29, 1.82) is 0 Å². The number of hydrogen-bond donors (Lipinski definition) is 0. The number of likely N-dealkylation sites (tertiary alicyclic amines) is 1. The first kappa shape index (κ1) is 17.0. The van der Waals surface area contributed by atoms with E-state index < -0.39 is 5.82 Å². The fraction of sp³-hybridized carbons (Fsp3) is 0.316. The molecule has 26 heavy (non-hydrogen) atoms. The highest BCUT2D eigenvalue weighted by atomic mass is 35.5. The lowest BCUT2D eigenvalue weighted by molar-refractivity contribution is 0.0707. The van der Waals surface area contributed by atoms with Crippen molar-refractivity contribution >= 4 is 28.5 Å². The van der Waals surface area contributed by atoms with Crippen molar-refractivity contribution in [2.45, 2.75) is 18.8 Å². The topological polar surface area (TPSA) is 51.0 Å². The second kappa shape index (κ2) is 6.68. The van der Waals surface area contributed by atoms with Crippen LogP contribution in [-0.2, 0) is 7.05 Å². The van der Waals surface area contributed by atoms with E-state index >= 15 is 0 Å². The molecule has 5 nitrogen and oxygen atoms in total. The monoisotopic (exact) mass is 372 g/mol. The highest BCUT2D eigenvalue weighted by Crippen LogP contribution is 2.32. The van der Waals surface area contributed by atoms with Crippen LogP contribution in [0.1, 0.15) is 34.8 Å². The first-order valence-corrected chi connectivity index (χ1v) is 8.95. The summed E-state index contributed by atoms with van der Waals surface area (Å²) in [6.45, 7) is 1.10. The van der Waals surface area contributed by atoms with Gasteiger partial charge in [0, 0.05) is 37.6 Å². The number of aryl methyl sites for hydroxylation is 1. The first-order chi connectivity index (χ1) is 12.6. The molecule has 3 heterocycles. The number of amides is 1. The second-order valence-corrected chi connectivity index (χ2v) is 6.95. The number of rotatable bonds is 2. The summed E-state index contributed by atoms with van der Waals surface area (Å²) in [6.07, 6.45) is 3.31. The Morgan fingerprint density at radius 1 is 1.23 bits per heavy atom. The highest BCUT2D eigenvalue weighted by molar-refractivity contribution is 6.33. The zero-order chi connectivity index (χ0) is 18.3. The Bertz CT molecular complexity index is 959. The summed E-state index contributed by atoms with van der Waals surface area (Å²) in [5.41, 5.74) is 1.84. The van der Waals surface area contributed by atoms with Gasteiger partial charge in [-0.15, -0.1) is 0 Å². The lowest BCUT2D eigenvalue weighted by atomic mass is 9.91. The molecule has 1 aliphatic heterocycles. The molecule has 0 aliphatic carbocycles. The highest BCUT2D eigenvalue weighted by Gasteiger charge is 2.29. The third-order valence-electron chi connectivity index (χ3n) is 4.97. The van der Waals surface area contributed by atoms with Gasteiger partial charge >= 0.3 is 0 Å². The Hall–Kier alpha value is -2.47. The average Bonchev–Trinajstić information content (AvgIpc) is 2.99. The molecule has 0 saturated carbocycles. The van der Waals surface area contributed by atoms with E-state index in [1.165, 1.54) is 18.2 Å². The van der Waals surface area contributed by atoms with Crippen LogP contribution in [0.4, 0.5) is 4.39 Å². The number of aromatic nitrogens is 3. The molecule has 1 amide bonds. The molecule has 1 aliphatic rings. The maximum absolute atomic E-state index is 14.0. The van der Waals surface area contributed by atoms with E-state index in [1.807, 2.05) is 19.2 Å². The number of benzene rings is 1. The standard InChI is InChI=1S/C19H18ClFN4O/c1-24-18-13(4-3-9-22-18)17(23-24)12-7-10-25(11-8-12)19(26)16-14(20)5-2-6-15(16)21/h2-6,9,12H,7-8,10-11H2,1H3. The number of carbonyl (C=O) groups excluding carboxylic acids is 1. The number of fused-ring (bicyclic) bond motifs is 1. The fourth-order valence-corrected chi connectivity index (χ4v) is 3.88. The lowest BCUT2D eigenvalue weighted by Gasteiger charge is -2.31.